The van der Waals surface area contributed by atoms with Crippen molar-refractivity contribution in [1.29, 1.82) is 0 Å². The van der Waals surface area contributed by atoms with Gasteiger partial charge in [-0.05, 0) is 36.5 Å². The van der Waals surface area contributed by atoms with Gasteiger partial charge in [0.05, 0.1) is 5.88 Å². The van der Waals surface area contributed by atoms with E-state index in [-0.39, 0.29) is 11.7 Å². The SMILES string of the molecule is O=C(CCl)c1ccc2c(c1)CCC2. The molecule has 0 radical (unpaired) electrons. The minimum absolute atomic E-state index is 0.0244. The Morgan fingerprint density at radius 1 is 1.31 bits per heavy atom. The number of Topliss-reactive ketones (excluding diaryl/α,β-unsaturated/α-hetero) is 1. The van der Waals surface area contributed by atoms with Gasteiger partial charge in [-0.2, -0.15) is 0 Å². The van der Waals surface area contributed by atoms with Gasteiger partial charge in [-0.1, -0.05) is 12.1 Å². The molecule has 1 nitrogen and oxygen atoms in total. The number of benzene rings is 1. The molecule has 0 aromatic heterocycles. The second-order valence-electron chi connectivity index (χ2n) is 3.39. The molecule has 0 amide bonds. The standard InChI is InChI=1S/C11H11ClO/c12-7-11(13)10-5-4-8-2-1-3-9(8)6-10/h4-6H,1-3,7H2. The first-order valence-electron chi connectivity index (χ1n) is 4.52. The van der Waals surface area contributed by atoms with Crippen molar-refractivity contribution in [3.63, 3.8) is 0 Å². The van der Waals surface area contributed by atoms with Crippen LogP contribution in [0.15, 0.2) is 18.2 Å². The Morgan fingerprint density at radius 2 is 2.08 bits per heavy atom. The Bertz CT molecular complexity index is 344. The van der Waals surface area contributed by atoms with Crippen molar-refractivity contribution >= 4 is 17.4 Å². The van der Waals surface area contributed by atoms with Gasteiger partial charge in [-0.3, -0.25) is 4.79 Å². The monoisotopic (exact) mass is 194 g/mol. The Labute approximate surface area is 82.7 Å². The summed E-state index contributed by atoms with van der Waals surface area (Å²) < 4.78 is 0. The van der Waals surface area contributed by atoms with Crippen LogP contribution < -0.4 is 0 Å². The fourth-order valence-corrected chi connectivity index (χ4v) is 1.98. The summed E-state index contributed by atoms with van der Waals surface area (Å²) in [5, 5.41) is 0. The summed E-state index contributed by atoms with van der Waals surface area (Å²) in [6.45, 7) is 0. The van der Waals surface area contributed by atoms with Crippen LogP contribution in [-0.2, 0) is 12.8 Å². The Kier molecular flexibility index (Phi) is 2.36. The number of rotatable bonds is 2. The van der Waals surface area contributed by atoms with Gasteiger partial charge in [0, 0.05) is 5.56 Å². The van der Waals surface area contributed by atoms with Gasteiger partial charge in [-0.25, -0.2) is 0 Å². The van der Waals surface area contributed by atoms with Crippen LogP contribution in [0.2, 0.25) is 0 Å². The second kappa shape index (κ2) is 3.51. The lowest BCUT2D eigenvalue weighted by atomic mass is 10.0. The summed E-state index contributed by atoms with van der Waals surface area (Å²) in [6.07, 6.45) is 3.48. The van der Waals surface area contributed by atoms with Gasteiger partial charge in [0.2, 0.25) is 0 Å². The van der Waals surface area contributed by atoms with Crippen molar-refractivity contribution in [2.45, 2.75) is 19.3 Å². The third kappa shape index (κ3) is 1.61. The molecule has 1 aromatic rings. The largest absolute Gasteiger partial charge is 0.293 e. The number of carbonyl (C=O) groups excluding carboxylic acids is 1. The normalized spacial score (nSPS) is 14.2. The highest BCUT2D eigenvalue weighted by Gasteiger charge is 2.12. The van der Waals surface area contributed by atoms with E-state index in [1.54, 1.807) is 0 Å². The van der Waals surface area contributed by atoms with Gasteiger partial charge in [0.15, 0.2) is 5.78 Å². The summed E-state index contributed by atoms with van der Waals surface area (Å²) in [6, 6.07) is 5.93. The van der Waals surface area contributed by atoms with Crippen LogP contribution in [0.3, 0.4) is 0 Å². The van der Waals surface area contributed by atoms with Crippen molar-refractivity contribution in [3.8, 4) is 0 Å². The zero-order valence-electron chi connectivity index (χ0n) is 7.35. The Hall–Kier alpha value is -0.820. The van der Waals surface area contributed by atoms with Crippen LogP contribution in [0, 0.1) is 0 Å². The number of alkyl halides is 1. The molecule has 2 heteroatoms. The molecule has 0 aliphatic heterocycles. The minimum Gasteiger partial charge on any atom is -0.293 e. The van der Waals surface area contributed by atoms with Crippen molar-refractivity contribution in [1.82, 2.24) is 0 Å². The van der Waals surface area contributed by atoms with Crippen LogP contribution in [-0.4, -0.2) is 11.7 Å². The van der Waals surface area contributed by atoms with E-state index >= 15 is 0 Å². The number of ketones is 1. The number of fused-ring (bicyclic) bond motifs is 1. The Balaban J connectivity index is 2.36. The van der Waals surface area contributed by atoms with E-state index in [1.165, 1.54) is 17.5 Å². The molecule has 0 saturated carbocycles. The van der Waals surface area contributed by atoms with Gasteiger partial charge in [0.25, 0.3) is 0 Å². The molecule has 0 fully saturated rings. The van der Waals surface area contributed by atoms with E-state index in [0.29, 0.717) is 0 Å². The highest BCUT2D eigenvalue weighted by Crippen LogP contribution is 2.22. The predicted octanol–water partition coefficient (Wildman–Crippen LogP) is 2.60. The van der Waals surface area contributed by atoms with Crippen LogP contribution in [0.25, 0.3) is 0 Å². The zero-order valence-corrected chi connectivity index (χ0v) is 8.10. The fraction of sp³-hybridized carbons (Fsp3) is 0.364. The van der Waals surface area contributed by atoms with Gasteiger partial charge in [0.1, 0.15) is 0 Å². The van der Waals surface area contributed by atoms with Crippen LogP contribution in [0.4, 0.5) is 0 Å². The number of aryl methyl sites for hydroxylation is 2. The predicted molar refractivity (Wildman–Crippen MR) is 53.5 cm³/mol. The molecule has 0 N–H and O–H groups in total. The molecule has 0 atom stereocenters. The average Bonchev–Trinajstić information content (AvgIpc) is 2.63. The summed E-state index contributed by atoms with van der Waals surface area (Å²) >= 11 is 5.49. The highest BCUT2D eigenvalue weighted by atomic mass is 35.5. The highest BCUT2D eigenvalue weighted by molar-refractivity contribution is 6.30. The maximum Gasteiger partial charge on any atom is 0.177 e. The molecule has 0 saturated heterocycles. The number of halogens is 1. The second-order valence-corrected chi connectivity index (χ2v) is 3.66. The van der Waals surface area contributed by atoms with Crippen molar-refractivity contribution in [2.24, 2.45) is 0 Å². The first kappa shape index (κ1) is 8.76. The van der Waals surface area contributed by atoms with E-state index < -0.39 is 0 Å². The summed E-state index contributed by atoms with van der Waals surface area (Å²) in [5.74, 6) is 0.107. The molecule has 2 rings (SSSR count). The molecule has 0 spiro atoms. The fourth-order valence-electron chi connectivity index (χ4n) is 1.82. The topological polar surface area (TPSA) is 17.1 Å². The first-order chi connectivity index (χ1) is 6.31. The van der Waals surface area contributed by atoms with E-state index in [4.69, 9.17) is 11.6 Å². The van der Waals surface area contributed by atoms with E-state index in [9.17, 15) is 4.79 Å². The molecule has 0 unspecified atom stereocenters. The molecule has 1 aliphatic carbocycles. The lowest BCUT2D eigenvalue weighted by molar-refractivity contribution is 0.102. The van der Waals surface area contributed by atoms with E-state index in [1.807, 2.05) is 12.1 Å². The minimum atomic E-state index is 0.0244. The van der Waals surface area contributed by atoms with Crippen molar-refractivity contribution in [3.05, 3.63) is 34.9 Å². The molecular formula is C11H11ClO. The lowest BCUT2D eigenvalue weighted by Crippen LogP contribution is -2.00. The first-order valence-corrected chi connectivity index (χ1v) is 5.05. The quantitative estimate of drug-likeness (QED) is 0.523. The summed E-state index contributed by atoms with van der Waals surface area (Å²) in [4.78, 5) is 11.3. The molecular weight excluding hydrogens is 184 g/mol. The van der Waals surface area contributed by atoms with Crippen molar-refractivity contribution in [2.75, 3.05) is 5.88 Å². The summed E-state index contributed by atoms with van der Waals surface area (Å²) in [5.41, 5.74) is 3.48. The zero-order chi connectivity index (χ0) is 9.26. The smallest absolute Gasteiger partial charge is 0.177 e. The van der Waals surface area contributed by atoms with Gasteiger partial charge >= 0.3 is 0 Å². The number of hydrogen-bond acceptors (Lipinski definition) is 1. The molecule has 68 valence electrons. The lowest BCUT2D eigenvalue weighted by Gasteiger charge is -2.01. The third-order valence-electron chi connectivity index (χ3n) is 2.54. The van der Waals surface area contributed by atoms with Crippen LogP contribution >= 0.6 is 11.6 Å². The van der Waals surface area contributed by atoms with E-state index in [0.717, 1.165) is 18.4 Å². The molecule has 0 heterocycles. The molecule has 13 heavy (non-hydrogen) atoms. The van der Waals surface area contributed by atoms with Crippen LogP contribution in [0.5, 0.6) is 0 Å². The maximum atomic E-state index is 11.3. The molecule has 1 aliphatic rings. The maximum absolute atomic E-state index is 11.3. The third-order valence-corrected chi connectivity index (χ3v) is 2.78. The summed E-state index contributed by atoms with van der Waals surface area (Å²) in [7, 11) is 0. The van der Waals surface area contributed by atoms with Crippen LogP contribution in [0.1, 0.15) is 27.9 Å². The van der Waals surface area contributed by atoms with Gasteiger partial charge in [-0.15, -0.1) is 11.6 Å². The van der Waals surface area contributed by atoms with Gasteiger partial charge < -0.3 is 0 Å². The van der Waals surface area contributed by atoms with E-state index in [2.05, 4.69) is 6.07 Å². The Morgan fingerprint density at radius 3 is 2.85 bits per heavy atom. The average molecular weight is 195 g/mol. The van der Waals surface area contributed by atoms with Crippen molar-refractivity contribution < 1.29 is 4.79 Å². The molecule has 1 aromatic carbocycles. The number of hydrogen-bond donors (Lipinski definition) is 0. The molecule has 0 bridgehead atoms. The number of carbonyl (C=O) groups is 1.